The van der Waals surface area contributed by atoms with E-state index in [4.69, 9.17) is 0 Å². The molecule has 0 spiro atoms. The molecule has 0 fully saturated rings. The second-order valence-electron chi connectivity index (χ2n) is 5.50. The summed E-state index contributed by atoms with van der Waals surface area (Å²) in [4.78, 5) is 11.5. The van der Waals surface area contributed by atoms with Gasteiger partial charge < -0.3 is 0 Å². The molecule has 4 nitrogen and oxygen atoms in total. The number of hydrogen-bond acceptors (Lipinski definition) is 3. The van der Waals surface area contributed by atoms with Gasteiger partial charge in [-0.3, -0.25) is 0 Å². The van der Waals surface area contributed by atoms with Gasteiger partial charge in [0.25, 0.3) is 0 Å². The van der Waals surface area contributed by atoms with Gasteiger partial charge in [0.05, 0.1) is 0 Å². The molecule has 0 saturated heterocycles. The van der Waals surface area contributed by atoms with Crippen LogP contribution in [0.4, 0.5) is 0 Å². The molecule has 1 rings (SSSR count). The Morgan fingerprint density at radius 2 is 1.89 bits per heavy atom. The van der Waals surface area contributed by atoms with Gasteiger partial charge in [-0.1, -0.05) is 0 Å². The summed E-state index contributed by atoms with van der Waals surface area (Å²) in [5.74, 6) is 0. The van der Waals surface area contributed by atoms with E-state index < -0.39 is 28.4 Å². The van der Waals surface area contributed by atoms with Crippen molar-refractivity contribution >= 4 is 32.1 Å². The van der Waals surface area contributed by atoms with E-state index >= 15 is 0 Å². The number of aromatic nitrogens is 1. The molecule has 18 heavy (non-hydrogen) atoms. The van der Waals surface area contributed by atoms with Crippen LogP contribution < -0.4 is 3.71 Å². The Kier molecular flexibility index (Phi) is 4.83. The molecule has 0 bridgehead atoms. The van der Waals surface area contributed by atoms with Gasteiger partial charge >= 0.3 is 115 Å². The van der Waals surface area contributed by atoms with Crippen molar-refractivity contribution in [3.63, 3.8) is 0 Å². The molecule has 1 aromatic heterocycles. The predicted octanol–water partition coefficient (Wildman–Crippen LogP) is 1.58. The van der Waals surface area contributed by atoms with Crippen LogP contribution in [0.15, 0.2) is 17.2 Å². The van der Waals surface area contributed by atoms with E-state index in [0.29, 0.717) is 11.4 Å². The molecular formula is C12H22N2O2SSn. The summed E-state index contributed by atoms with van der Waals surface area (Å²) in [7, 11) is -1.80. The summed E-state index contributed by atoms with van der Waals surface area (Å²) in [5.41, 5.74) is 0.798. The number of hydrogen-bond donors (Lipinski definition) is 0. The third kappa shape index (κ3) is 3.24. The third-order valence-corrected chi connectivity index (χ3v) is 10.2. The first-order valence-electron chi connectivity index (χ1n) is 6.04. The standard InChI is InChI=1S/C9H13N2O2S.3CH3.Sn/c1-4-11(3)14(12,13)9-7-10-6-5-8(9)2;;;;/h5,7H,4H2,1-3H3;3*1H3;. The zero-order chi connectivity index (χ0) is 14.1. The van der Waals surface area contributed by atoms with E-state index in [1.807, 2.05) is 19.9 Å². The normalized spacial score (nSPS) is 13.1. The first-order valence-corrected chi connectivity index (χ1v) is 17.5. The van der Waals surface area contributed by atoms with Gasteiger partial charge in [-0.05, 0) is 0 Å². The van der Waals surface area contributed by atoms with E-state index in [1.54, 1.807) is 7.05 Å². The SMILES string of the molecule is CCN(C)S(=O)(=O)c1cn[c]([Sn]([CH3])([CH3])[CH3])cc1C. The summed E-state index contributed by atoms with van der Waals surface area (Å²) >= 11 is -2.23. The predicted molar refractivity (Wildman–Crippen MR) is 77.4 cm³/mol. The number of pyridine rings is 1. The molecule has 0 atom stereocenters. The molecule has 0 aromatic carbocycles. The monoisotopic (exact) mass is 378 g/mol. The van der Waals surface area contributed by atoms with Crippen molar-refractivity contribution in [2.24, 2.45) is 0 Å². The Labute approximate surface area is 114 Å². The molecule has 0 aliphatic carbocycles. The maximum atomic E-state index is 12.2. The first kappa shape index (κ1) is 15.9. The fraction of sp³-hybridized carbons (Fsp3) is 0.583. The maximum absolute atomic E-state index is 12.2. The van der Waals surface area contributed by atoms with E-state index in [9.17, 15) is 8.42 Å². The van der Waals surface area contributed by atoms with Gasteiger partial charge in [0.15, 0.2) is 0 Å². The van der Waals surface area contributed by atoms with Gasteiger partial charge in [-0.2, -0.15) is 0 Å². The topological polar surface area (TPSA) is 50.3 Å². The number of aryl methyl sites for hydroxylation is 1. The van der Waals surface area contributed by atoms with Crippen LogP contribution in [-0.2, 0) is 10.0 Å². The Morgan fingerprint density at radius 3 is 2.28 bits per heavy atom. The van der Waals surface area contributed by atoms with Crippen LogP contribution >= 0.6 is 0 Å². The van der Waals surface area contributed by atoms with Crippen LogP contribution in [0.2, 0.25) is 14.8 Å². The van der Waals surface area contributed by atoms with Gasteiger partial charge in [0.2, 0.25) is 0 Å². The number of nitrogens with zero attached hydrogens (tertiary/aromatic N) is 2. The summed E-state index contributed by atoms with van der Waals surface area (Å²) in [6, 6.07) is 1.95. The summed E-state index contributed by atoms with van der Waals surface area (Å²) in [6.45, 7) is 4.13. The van der Waals surface area contributed by atoms with Crippen LogP contribution in [0.25, 0.3) is 0 Å². The van der Waals surface area contributed by atoms with Crippen molar-refractivity contribution in [2.45, 2.75) is 33.6 Å². The van der Waals surface area contributed by atoms with E-state index in [2.05, 4.69) is 19.8 Å². The molecule has 1 heterocycles. The van der Waals surface area contributed by atoms with Crippen molar-refractivity contribution in [1.82, 2.24) is 9.29 Å². The van der Waals surface area contributed by atoms with Crippen molar-refractivity contribution < 1.29 is 8.42 Å². The minimum absolute atomic E-state index is 0.325. The zero-order valence-electron chi connectivity index (χ0n) is 12.0. The van der Waals surface area contributed by atoms with Crippen LogP contribution in [0.5, 0.6) is 0 Å². The quantitative estimate of drug-likeness (QED) is 0.749. The van der Waals surface area contributed by atoms with Crippen LogP contribution in [0.1, 0.15) is 12.5 Å². The molecule has 1 aromatic rings. The number of sulfonamides is 1. The van der Waals surface area contributed by atoms with Crippen molar-refractivity contribution in [3.05, 3.63) is 17.8 Å². The Morgan fingerprint density at radius 1 is 1.33 bits per heavy atom. The van der Waals surface area contributed by atoms with E-state index in [-0.39, 0.29) is 0 Å². The van der Waals surface area contributed by atoms with Crippen LogP contribution in [0.3, 0.4) is 0 Å². The minimum atomic E-state index is -3.39. The molecule has 102 valence electrons. The second-order valence-corrected chi connectivity index (χ2v) is 21.8. The molecule has 0 saturated carbocycles. The molecular weight excluding hydrogens is 355 g/mol. The summed E-state index contributed by atoms with van der Waals surface area (Å²) < 4.78 is 27.0. The summed E-state index contributed by atoms with van der Waals surface area (Å²) in [6.07, 6.45) is 1.52. The molecule has 6 heteroatoms. The third-order valence-electron chi connectivity index (χ3n) is 2.96. The Bertz CT molecular complexity index is 535. The van der Waals surface area contributed by atoms with E-state index in [1.165, 1.54) is 10.5 Å². The van der Waals surface area contributed by atoms with E-state index in [0.717, 1.165) is 9.27 Å². The second kappa shape index (κ2) is 5.46. The van der Waals surface area contributed by atoms with Crippen LogP contribution in [0, 0.1) is 6.92 Å². The molecule has 0 radical (unpaired) electrons. The average molecular weight is 377 g/mol. The Hall–Kier alpha value is -0.141. The molecule has 0 aliphatic rings. The van der Waals surface area contributed by atoms with Gasteiger partial charge in [0, 0.05) is 0 Å². The van der Waals surface area contributed by atoms with Crippen molar-refractivity contribution in [2.75, 3.05) is 13.6 Å². The van der Waals surface area contributed by atoms with Gasteiger partial charge in [-0.25, -0.2) is 0 Å². The van der Waals surface area contributed by atoms with Gasteiger partial charge in [-0.15, -0.1) is 0 Å². The fourth-order valence-corrected chi connectivity index (χ4v) is 6.03. The average Bonchev–Trinajstić information content (AvgIpc) is 2.26. The summed E-state index contributed by atoms with van der Waals surface area (Å²) in [5, 5.41) is 0. The molecule has 0 N–H and O–H groups in total. The molecule has 0 aliphatic heterocycles. The van der Waals surface area contributed by atoms with Crippen molar-refractivity contribution in [1.29, 1.82) is 0 Å². The molecule has 0 unspecified atom stereocenters. The Balaban J connectivity index is 3.31. The van der Waals surface area contributed by atoms with Crippen LogP contribution in [-0.4, -0.2) is 49.7 Å². The first-order chi connectivity index (χ1) is 8.10. The fourth-order valence-electron chi connectivity index (χ4n) is 1.56. The van der Waals surface area contributed by atoms with Crippen molar-refractivity contribution in [3.8, 4) is 0 Å². The zero-order valence-corrected chi connectivity index (χ0v) is 15.7. The van der Waals surface area contributed by atoms with Gasteiger partial charge in [0.1, 0.15) is 0 Å². The number of rotatable bonds is 4. The molecule has 0 amide bonds.